The molecule has 0 atom stereocenters. The minimum Gasteiger partial charge on any atom is -0.360 e. The summed E-state index contributed by atoms with van der Waals surface area (Å²) in [6, 6.07) is 6.28. The zero-order chi connectivity index (χ0) is 20.0. The van der Waals surface area contributed by atoms with Gasteiger partial charge in [-0.2, -0.15) is 23.4 Å². The number of nitrogens with one attached hydrogen (secondary N) is 3. The molecule has 2 rings (SSSR count). The summed E-state index contributed by atoms with van der Waals surface area (Å²) < 4.78 is 38.2. The molecule has 0 saturated heterocycles. The van der Waals surface area contributed by atoms with Crippen molar-refractivity contribution < 1.29 is 18.0 Å². The van der Waals surface area contributed by atoms with Gasteiger partial charge in [0.2, 0.25) is 11.9 Å². The summed E-state index contributed by atoms with van der Waals surface area (Å²) in [6.07, 6.45) is -2.76. The van der Waals surface area contributed by atoms with E-state index < -0.39 is 17.6 Å². The van der Waals surface area contributed by atoms with Gasteiger partial charge in [-0.1, -0.05) is 6.07 Å². The van der Waals surface area contributed by atoms with Crippen LogP contribution in [0, 0.1) is 11.3 Å². The van der Waals surface area contributed by atoms with E-state index in [1.807, 2.05) is 6.07 Å². The van der Waals surface area contributed by atoms with Crippen molar-refractivity contribution in [3.63, 3.8) is 0 Å². The maximum Gasteiger partial charge on any atom is 0.416 e. The van der Waals surface area contributed by atoms with E-state index in [9.17, 15) is 23.2 Å². The highest BCUT2D eigenvalue weighted by Gasteiger charge is 2.30. The Kier molecular flexibility index (Phi) is 6.46. The summed E-state index contributed by atoms with van der Waals surface area (Å²) in [5, 5.41) is 17.6. The first-order valence-corrected chi connectivity index (χ1v) is 8.75. The zero-order valence-corrected chi connectivity index (χ0v) is 15.1. The quantitative estimate of drug-likeness (QED) is 0.509. The molecular weight excluding hydrogens is 381 g/mol. The molecule has 0 radical (unpaired) electrons. The Bertz CT molecular complexity index is 881. The standard InChI is InChI=1S/C16H15F3N6OS/c1-21-15-24-13(11(7-20)14(25-15)27-2)22-8-12(26)23-10-5-3-4-9(6-10)16(17,18)19/h3-6H,8H2,1-2H3,(H,23,26)(H2,21,22,24,25). The molecule has 3 N–H and O–H groups in total. The topological polar surface area (TPSA) is 103 Å². The van der Waals surface area contributed by atoms with Crippen molar-refractivity contribution in [1.29, 1.82) is 5.26 Å². The summed E-state index contributed by atoms with van der Waals surface area (Å²) in [7, 11) is 1.61. The van der Waals surface area contributed by atoms with Crippen LogP contribution >= 0.6 is 11.8 Å². The van der Waals surface area contributed by atoms with Gasteiger partial charge >= 0.3 is 6.18 Å². The third-order valence-corrected chi connectivity index (χ3v) is 3.98. The van der Waals surface area contributed by atoms with E-state index in [1.165, 1.54) is 23.9 Å². The number of thioether (sulfide) groups is 1. The predicted molar refractivity (Wildman–Crippen MR) is 96.6 cm³/mol. The molecule has 1 heterocycles. The molecule has 0 bridgehead atoms. The maximum absolute atomic E-state index is 12.7. The smallest absolute Gasteiger partial charge is 0.360 e. The second-order valence-electron chi connectivity index (χ2n) is 5.12. The number of nitriles is 1. The number of halogens is 3. The molecule has 27 heavy (non-hydrogen) atoms. The zero-order valence-electron chi connectivity index (χ0n) is 14.3. The average molecular weight is 396 g/mol. The highest BCUT2D eigenvalue weighted by atomic mass is 32.2. The molecule has 1 amide bonds. The van der Waals surface area contributed by atoms with Crippen molar-refractivity contribution in [2.75, 3.05) is 35.8 Å². The summed E-state index contributed by atoms with van der Waals surface area (Å²) >= 11 is 1.24. The van der Waals surface area contributed by atoms with Crippen LogP contribution in [0.1, 0.15) is 11.1 Å². The molecule has 2 aromatic rings. The minimum atomic E-state index is -4.50. The van der Waals surface area contributed by atoms with Gasteiger partial charge < -0.3 is 16.0 Å². The lowest BCUT2D eigenvalue weighted by Gasteiger charge is -2.12. The van der Waals surface area contributed by atoms with Crippen LogP contribution in [-0.4, -0.2) is 35.7 Å². The van der Waals surface area contributed by atoms with Gasteiger partial charge in [0.25, 0.3) is 0 Å². The number of anilines is 3. The number of amides is 1. The van der Waals surface area contributed by atoms with Crippen LogP contribution in [0.5, 0.6) is 0 Å². The van der Waals surface area contributed by atoms with Crippen molar-refractivity contribution in [3.05, 3.63) is 35.4 Å². The molecule has 7 nitrogen and oxygen atoms in total. The van der Waals surface area contributed by atoms with E-state index >= 15 is 0 Å². The molecule has 142 valence electrons. The van der Waals surface area contributed by atoms with Gasteiger partial charge in [-0.15, -0.1) is 11.8 Å². The van der Waals surface area contributed by atoms with E-state index in [-0.39, 0.29) is 29.6 Å². The molecular formula is C16H15F3N6OS. The number of nitrogens with zero attached hydrogens (tertiary/aromatic N) is 3. The highest BCUT2D eigenvalue weighted by molar-refractivity contribution is 7.98. The number of hydrogen-bond donors (Lipinski definition) is 3. The van der Waals surface area contributed by atoms with Gasteiger partial charge in [0.05, 0.1) is 12.1 Å². The SMILES string of the molecule is CNc1nc(NCC(=O)Nc2cccc(C(F)(F)F)c2)c(C#N)c(SC)n1. The van der Waals surface area contributed by atoms with Crippen molar-refractivity contribution in [1.82, 2.24) is 9.97 Å². The van der Waals surface area contributed by atoms with Crippen LogP contribution < -0.4 is 16.0 Å². The average Bonchev–Trinajstić information content (AvgIpc) is 2.64. The van der Waals surface area contributed by atoms with Gasteiger partial charge in [0.1, 0.15) is 16.7 Å². The van der Waals surface area contributed by atoms with Crippen LogP contribution in [0.25, 0.3) is 0 Å². The fourth-order valence-electron chi connectivity index (χ4n) is 2.07. The van der Waals surface area contributed by atoms with E-state index in [1.54, 1.807) is 13.3 Å². The highest BCUT2D eigenvalue weighted by Crippen LogP contribution is 2.30. The van der Waals surface area contributed by atoms with Gasteiger partial charge in [0, 0.05) is 12.7 Å². The molecule has 0 saturated carbocycles. The van der Waals surface area contributed by atoms with E-state index in [2.05, 4.69) is 25.9 Å². The number of alkyl halides is 3. The molecule has 11 heteroatoms. The van der Waals surface area contributed by atoms with Crippen LogP contribution in [0.15, 0.2) is 29.3 Å². The monoisotopic (exact) mass is 396 g/mol. The van der Waals surface area contributed by atoms with E-state index in [0.29, 0.717) is 5.03 Å². The number of aromatic nitrogens is 2. The van der Waals surface area contributed by atoms with Crippen molar-refractivity contribution in [2.24, 2.45) is 0 Å². The van der Waals surface area contributed by atoms with Crippen LogP contribution in [-0.2, 0) is 11.0 Å². The summed E-state index contributed by atoms with van der Waals surface area (Å²) in [6.45, 7) is -0.293. The Balaban J connectivity index is 2.11. The minimum absolute atomic E-state index is 0.0144. The molecule has 1 aromatic heterocycles. The molecule has 0 unspecified atom stereocenters. The number of rotatable bonds is 6. The summed E-state index contributed by atoms with van der Waals surface area (Å²) in [5.74, 6) is -0.173. The molecule has 0 spiro atoms. The number of hydrogen-bond acceptors (Lipinski definition) is 7. The first-order chi connectivity index (χ1) is 12.8. The lowest BCUT2D eigenvalue weighted by molar-refractivity contribution is -0.137. The summed E-state index contributed by atoms with van der Waals surface area (Å²) in [4.78, 5) is 20.3. The van der Waals surface area contributed by atoms with Gasteiger partial charge in [-0.3, -0.25) is 4.79 Å². The molecule has 0 fully saturated rings. The Hall–Kier alpha value is -3.00. The van der Waals surface area contributed by atoms with Crippen molar-refractivity contribution in [3.8, 4) is 6.07 Å². The fraction of sp³-hybridized carbons (Fsp3) is 0.250. The predicted octanol–water partition coefficient (Wildman–Crippen LogP) is 3.18. The third kappa shape index (κ3) is 5.24. The largest absolute Gasteiger partial charge is 0.416 e. The molecule has 0 aliphatic rings. The first-order valence-electron chi connectivity index (χ1n) is 7.53. The second-order valence-corrected chi connectivity index (χ2v) is 5.92. The van der Waals surface area contributed by atoms with Gasteiger partial charge in [-0.05, 0) is 24.5 Å². The molecule has 0 aliphatic heterocycles. The van der Waals surface area contributed by atoms with Crippen LogP contribution in [0.4, 0.5) is 30.6 Å². The number of carbonyl (C=O) groups excluding carboxylic acids is 1. The number of benzene rings is 1. The normalized spacial score (nSPS) is 10.8. The lowest BCUT2D eigenvalue weighted by Crippen LogP contribution is -2.23. The van der Waals surface area contributed by atoms with Crippen molar-refractivity contribution >= 4 is 35.1 Å². The Labute approximate surface area is 157 Å². The van der Waals surface area contributed by atoms with Gasteiger partial charge in [-0.25, -0.2) is 4.98 Å². The van der Waals surface area contributed by atoms with Gasteiger partial charge in [0.15, 0.2) is 5.82 Å². The van der Waals surface area contributed by atoms with Crippen LogP contribution in [0.2, 0.25) is 0 Å². The fourth-order valence-corrected chi connectivity index (χ4v) is 2.60. The molecule has 1 aromatic carbocycles. The first kappa shape index (κ1) is 20.3. The Morgan fingerprint density at radius 3 is 2.67 bits per heavy atom. The molecule has 0 aliphatic carbocycles. The van der Waals surface area contributed by atoms with E-state index in [0.717, 1.165) is 12.1 Å². The second kappa shape index (κ2) is 8.59. The third-order valence-electron chi connectivity index (χ3n) is 3.29. The number of carbonyl (C=O) groups is 1. The Morgan fingerprint density at radius 1 is 1.33 bits per heavy atom. The lowest BCUT2D eigenvalue weighted by atomic mass is 10.2. The maximum atomic E-state index is 12.7. The van der Waals surface area contributed by atoms with Crippen LogP contribution in [0.3, 0.4) is 0 Å². The Morgan fingerprint density at radius 2 is 2.07 bits per heavy atom. The van der Waals surface area contributed by atoms with E-state index in [4.69, 9.17) is 0 Å². The summed E-state index contributed by atoms with van der Waals surface area (Å²) in [5.41, 5.74) is -0.673. The van der Waals surface area contributed by atoms with Crippen molar-refractivity contribution in [2.45, 2.75) is 11.2 Å².